The molecule has 3 rings (SSSR count). The van der Waals surface area contributed by atoms with Gasteiger partial charge in [0.1, 0.15) is 6.07 Å². The first-order chi connectivity index (χ1) is 14.5. The first-order valence-corrected chi connectivity index (χ1v) is 10.3. The second-order valence-electron chi connectivity index (χ2n) is 7.80. The van der Waals surface area contributed by atoms with E-state index in [1.165, 1.54) is 0 Å². The van der Waals surface area contributed by atoms with E-state index in [0.717, 1.165) is 36.8 Å². The Labute approximate surface area is 177 Å². The Morgan fingerprint density at radius 1 is 1.17 bits per heavy atom. The van der Waals surface area contributed by atoms with Crippen molar-refractivity contribution in [1.29, 1.82) is 15.8 Å². The highest BCUT2D eigenvalue weighted by atomic mass is 16.5. The fourth-order valence-corrected chi connectivity index (χ4v) is 4.46. The summed E-state index contributed by atoms with van der Waals surface area (Å²) in [6.07, 6.45) is 6.00. The number of fused-ring (bicyclic) bond motifs is 1. The second kappa shape index (κ2) is 8.93. The number of nitriles is 3. The topological polar surface area (TPSA) is 116 Å². The zero-order valence-corrected chi connectivity index (χ0v) is 17.4. The van der Waals surface area contributed by atoms with E-state index in [2.05, 4.69) is 25.1 Å². The molecule has 0 aliphatic heterocycles. The number of nitrogens with two attached hydrogens (primary N) is 1. The van der Waals surface area contributed by atoms with E-state index in [1.807, 2.05) is 24.3 Å². The summed E-state index contributed by atoms with van der Waals surface area (Å²) in [5, 5.41) is 29.2. The standard InChI is InChI=1S/C24H26N4O2/c1-3-4-10-30-21-9-8-16(11-22(21)29-2)17-6-5-7-18-19(17)12-24(14-26,15-27)23(28)20(18)13-25/h7-9,11,17,19H,3-6,10,12,28H2,1-2H3/t17-,19-/m1/s1. The highest BCUT2D eigenvalue weighted by Crippen LogP contribution is 2.52. The van der Waals surface area contributed by atoms with Crippen LogP contribution in [0.4, 0.5) is 0 Å². The second-order valence-corrected chi connectivity index (χ2v) is 7.80. The molecule has 0 fully saturated rings. The van der Waals surface area contributed by atoms with Crippen molar-refractivity contribution in [3.63, 3.8) is 0 Å². The third-order valence-electron chi connectivity index (χ3n) is 6.14. The molecule has 1 aromatic rings. The molecule has 30 heavy (non-hydrogen) atoms. The van der Waals surface area contributed by atoms with Crippen LogP contribution in [-0.4, -0.2) is 13.7 Å². The van der Waals surface area contributed by atoms with E-state index < -0.39 is 5.41 Å². The van der Waals surface area contributed by atoms with Crippen LogP contribution in [-0.2, 0) is 0 Å². The van der Waals surface area contributed by atoms with Crippen LogP contribution < -0.4 is 15.2 Å². The molecule has 2 aliphatic rings. The molecule has 0 amide bonds. The van der Waals surface area contributed by atoms with Gasteiger partial charge in [-0.1, -0.05) is 25.5 Å². The van der Waals surface area contributed by atoms with Gasteiger partial charge in [0.2, 0.25) is 0 Å². The van der Waals surface area contributed by atoms with E-state index >= 15 is 0 Å². The number of ether oxygens (including phenoxy) is 2. The van der Waals surface area contributed by atoms with Gasteiger partial charge in [0.15, 0.2) is 16.9 Å². The smallest absolute Gasteiger partial charge is 0.184 e. The highest BCUT2D eigenvalue weighted by molar-refractivity contribution is 5.57. The zero-order chi connectivity index (χ0) is 21.7. The number of unbranched alkanes of at least 4 members (excludes halogenated alkanes) is 1. The van der Waals surface area contributed by atoms with E-state index in [-0.39, 0.29) is 29.5 Å². The van der Waals surface area contributed by atoms with Crippen molar-refractivity contribution in [3.8, 4) is 29.7 Å². The Bertz CT molecular complexity index is 990. The van der Waals surface area contributed by atoms with Crippen LogP contribution in [0.5, 0.6) is 11.5 Å². The van der Waals surface area contributed by atoms with Crippen molar-refractivity contribution in [2.24, 2.45) is 17.1 Å². The summed E-state index contributed by atoms with van der Waals surface area (Å²) >= 11 is 0. The number of nitrogens with zero attached hydrogens (tertiary/aromatic N) is 3. The maximum absolute atomic E-state index is 9.74. The van der Waals surface area contributed by atoms with Crippen LogP contribution in [0.15, 0.2) is 41.1 Å². The molecule has 6 nitrogen and oxygen atoms in total. The summed E-state index contributed by atoms with van der Waals surface area (Å²) in [6.45, 7) is 2.74. The average molecular weight is 402 g/mol. The molecule has 0 saturated heterocycles. The molecular weight excluding hydrogens is 376 g/mol. The van der Waals surface area contributed by atoms with E-state index in [4.69, 9.17) is 15.2 Å². The summed E-state index contributed by atoms with van der Waals surface area (Å²) in [5.74, 6) is 1.30. The van der Waals surface area contributed by atoms with Crippen LogP contribution in [0.2, 0.25) is 0 Å². The Hall–Kier alpha value is -3.43. The summed E-state index contributed by atoms with van der Waals surface area (Å²) in [6, 6.07) is 12.2. The van der Waals surface area contributed by atoms with E-state index in [0.29, 0.717) is 18.1 Å². The SMILES string of the molecule is CCCCOc1ccc([C@H]2CCC=C3C(C#N)=C(N)C(C#N)(C#N)C[C@@H]32)cc1OC. The highest BCUT2D eigenvalue weighted by Gasteiger charge is 2.47. The fourth-order valence-electron chi connectivity index (χ4n) is 4.46. The number of benzene rings is 1. The third-order valence-corrected chi connectivity index (χ3v) is 6.14. The normalized spacial score (nSPS) is 22.0. The average Bonchev–Trinajstić information content (AvgIpc) is 2.78. The minimum absolute atomic E-state index is 0.0566. The van der Waals surface area contributed by atoms with Gasteiger partial charge in [-0.25, -0.2) is 0 Å². The van der Waals surface area contributed by atoms with Gasteiger partial charge in [0.25, 0.3) is 0 Å². The van der Waals surface area contributed by atoms with Crippen molar-refractivity contribution in [2.75, 3.05) is 13.7 Å². The van der Waals surface area contributed by atoms with Crippen LogP contribution in [0, 0.1) is 45.3 Å². The van der Waals surface area contributed by atoms with Crippen LogP contribution in [0.3, 0.4) is 0 Å². The molecular formula is C24H26N4O2. The molecule has 2 N–H and O–H groups in total. The van der Waals surface area contributed by atoms with Gasteiger partial charge in [-0.05, 0) is 60.8 Å². The van der Waals surface area contributed by atoms with Gasteiger partial charge in [-0.15, -0.1) is 0 Å². The molecule has 6 heteroatoms. The molecule has 1 aromatic carbocycles. The quantitative estimate of drug-likeness (QED) is 0.702. The van der Waals surface area contributed by atoms with Crippen molar-refractivity contribution < 1.29 is 9.47 Å². The van der Waals surface area contributed by atoms with Crippen molar-refractivity contribution in [1.82, 2.24) is 0 Å². The number of hydrogen-bond donors (Lipinski definition) is 1. The molecule has 0 spiro atoms. The van der Waals surface area contributed by atoms with E-state index in [1.54, 1.807) is 7.11 Å². The van der Waals surface area contributed by atoms with Crippen molar-refractivity contribution >= 4 is 0 Å². The number of hydrogen-bond acceptors (Lipinski definition) is 6. The predicted molar refractivity (Wildman–Crippen MR) is 112 cm³/mol. The minimum Gasteiger partial charge on any atom is -0.493 e. The fraction of sp³-hybridized carbons (Fsp3) is 0.458. The molecule has 2 aliphatic carbocycles. The number of rotatable bonds is 6. The molecule has 0 heterocycles. The van der Waals surface area contributed by atoms with Gasteiger partial charge in [-0.2, -0.15) is 15.8 Å². The van der Waals surface area contributed by atoms with E-state index in [9.17, 15) is 15.8 Å². The number of methoxy groups -OCH3 is 1. The van der Waals surface area contributed by atoms with Crippen LogP contribution in [0.25, 0.3) is 0 Å². The number of allylic oxidation sites excluding steroid dienone is 4. The summed E-state index contributed by atoms with van der Waals surface area (Å²) < 4.78 is 11.4. The Morgan fingerprint density at radius 2 is 1.93 bits per heavy atom. The van der Waals surface area contributed by atoms with Crippen LogP contribution >= 0.6 is 0 Å². The zero-order valence-electron chi connectivity index (χ0n) is 17.4. The Kier molecular flexibility index (Phi) is 6.34. The molecule has 2 atom stereocenters. The summed E-state index contributed by atoms with van der Waals surface area (Å²) in [5.41, 5.74) is 6.93. The molecule has 0 unspecified atom stereocenters. The lowest BCUT2D eigenvalue weighted by Gasteiger charge is -2.40. The first-order valence-electron chi connectivity index (χ1n) is 10.3. The van der Waals surface area contributed by atoms with Crippen molar-refractivity contribution in [2.45, 2.75) is 44.9 Å². The molecule has 0 bridgehead atoms. The largest absolute Gasteiger partial charge is 0.493 e. The summed E-state index contributed by atoms with van der Waals surface area (Å²) in [4.78, 5) is 0. The Balaban J connectivity index is 2.00. The molecule has 0 saturated carbocycles. The molecule has 0 radical (unpaired) electrons. The van der Waals surface area contributed by atoms with Gasteiger partial charge >= 0.3 is 0 Å². The molecule has 154 valence electrons. The molecule has 0 aromatic heterocycles. The lowest BCUT2D eigenvalue weighted by atomic mass is 9.61. The lowest BCUT2D eigenvalue weighted by molar-refractivity contribution is 0.287. The van der Waals surface area contributed by atoms with Gasteiger partial charge in [-0.3, -0.25) is 0 Å². The third kappa shape index (κ3) is 3.60. The van der Waals surface area contributed by atoms with Gasteiger partial charge in [0, 0.05) is 0 Å². The Morgan fingerprint density at radius 3 is 2.57 bits per heavy atom. The van der Waals surface area contributed by atoms with Crippen LogP contribution in [0.1, 0.15) is 50.5 Å². The van der Waals surface area contributed by atoms with Crippen molar-refractivity contribution in [3.05, 3.63) is 46.7 Å². The monoisotopic (exact) mass is 402 g/mol. The van der Waals surface area contributed by atoms with Gasteiger partial charge in [0.05, 0.1) is 37.1 Å². The first kappa shape index (κ1) is 21.3. The maximum Gasteiger partial charge on any atom is 0.184 e. The van der Waals surface area contributed by atoms with Gasteiger partial charge < -0.3 is 15.2 Å². The summed E-state index contributed by atoms with van der Waals surface area (Å²) in [7, 11) is 1.62. The maximum atomic E-state index is 9.74. The predicted octanol–water partition coefficient (Wildman–Crippen LogP) is 4.47. The lowest BCUT2D eigenvalue weighted by Crippen LogP contribution is -2.37. The minimum atomic E-state index is -1.48.